The molecule has 3 atom stereocenters. The smallest absolute Gasteiger partial charge is 0.264 e. The van der Waals surface area contributed by atoms with Crippen LogP contribution in [-0.2, 0) is 11.2 Å². The average molecular weight is 382 g/mol. The average Bonchev–Trinajstić information content (AvgIpc) is 3.24. The number of likely N-dealkylation sites (tertiary alicyclic amines) is 2. The Bertz CT molecular complexity index is 875. The molecule has 1 aromatic carbocycles. The predicted octanol–water partition coefficient (Wildman–Crippen LogP) is 1.47. The van der Waals surface area contributed by atoms with Gasteiger partial charge in [-0.15, -0.1) is 0 Å². The number of ether oxygens (including phenoxy) is 1. The van der Waals surface area contributed by atoms with E-state index in [4.69, 9.17) is 4.74 Å². The summed E-state index contributed by atoms with van der Waals surface area (Å²) in [5.74, 6) is 1.99. The zero-order chi connectivity index (χ0) is 19.7. The Morgan fingerprint density at radius 1 is 1.18 bits per heavy atom. The SMILES string of the molecule is COc1ccc([C@@H]2[C@@H]3CN(C(=O)CCc4ccc(=O)[nH]n4)C[C@@H]3CN2C)cc1. The summed E-state index contributed by atoms with van der Waals surface area (Å²) < 4.78 is 5.27. The van der Waals surface area contributed by atoms with Gasteiger partial charge in [0.2, 0.25) is 5.91 Å². The van der Waals surface area contributed by atoms with Crippen molar-refractivity contribution >= 4 is 5.91 Å². The van der Waals surface area contributed by atoms with Gasteiger partial charge in [-0.25, -0.2) is 5.10 Å². The molecule has 2 fully saturated rings. The molecular weight excluding hydrogens is 356 g/mol. The van der Waals surface area contributed by atoms with Crippen LogP contribution in [0, 0.1) is 11.8 Å². The summed E-state index contributed by atoms with van der Waals surface area (Å²) >= 11 is 0. The van der Waals surface area contributed by atoms with Crippen molar-refractivity contribution in [2.45, 2.75) is 18.9 Å². The second-order valence-corrected chi connectivity index (χ2v) is 7.79. The number of rotatable bonds is 5. The molecule has 4 rings (SSSR count). The first kappa shape index (κ1) is 18.7. The molecule has 0 spiro atoms. The fourth-order valence-electron chi connectivity index (χ4n) is 4.67. The first-order chi connectivity index (χ1) is 13.5. The third kappa shape index (κ3) is 3.67. The summed E-state index contributed by atoms with van der Waals surface area (Å²) in [6.07, 6.45) is 0.963. The molecule has 1 amide bonds. The molecule has 0 unspecified atom stereocenters. The van der Waals surface area contributed by atoms with E-state index in [9.17, 15) is 9.59 Å². The topological polar surface area (TPSA) is 78.5 Å². The van der Waals surface area contributed by atoms with Gasteiger partial charge in [0.15, 0.2) is 0 Å². The summed E-state index contributed by atoms with van der Waals surface area (Å²) in [4.78, 5) is 28.2. The highest BCUT2D eigenvalue weighted by Crippen LogP contribution is 2.44. The number of carbonyl (C=O) groups is 1. The van der Waals surface area contributed by atoms with E-state index in [0.717, 1.165) is 31.1 Å². The lowest BCUT2D eigenvalue weighted by Gasteiger charge is -2.27. The van der Waals surface area contributed by atoms with Crippen molar-refractivity contribution in [3.8, 4) is 5.75 Å². The number of H-pyrrole nitrogens is 1. The van der Waals surface area contributed by atoms with Gasteiger partial charge in [0, 0.05) is 50.5 Å². The Hall–Kier alpha value is -2.67. The van der Waals surface area contributed by atoms with E-state index in [1.54, 1.807) is 13.2 Å². The number of fused-ring (bicyclic) bond motifs is 1. The highest BCUT2D eigenvalue weighted by Gasteiger charge is 2.47. The maximum Gasteiger partial charge on any atom is 0.264 e. The van der Waals surface area contributed by atoms with Gasteiger partial charge in [0.1, 0.15) is 5.75 Å². The maximum absolute atomic E-state index is 12.7. The van der Waals surface area contributed by atoms with Gasteiger partial charge in [-0.3, -0.25) is 14.5 Å². The number of hydrogen-bond acceptors (Lipinski definition) is 5. The second kappa shape index (κ2) is 7.75. The van der Waals surface area contributed by atoms with Crippen molar-refractivity contribution in [2.24, 2.45) is 11.8 Å². The van der Waals surface area contributed by atoms with Crippen LogP contribution in [0.4, 0.5) is 0 Å². The summed E-state index contributed by atoms with van der Waals surface area (Å²) in [5.41, 5.74) is 1.79. The molecule has 1 N–H and O–H groups in total. The van der Waals surface area contributed by atoms with Gasteiger partial charge in [0.25, 0.3) is 5.56 Å². The first-order valence-electron chi connectivity index (χ1n) is 9.71. The minimum Gasteiger partial charge on any atom is -0.497 e. The summed E-state index contributed by atoms with van der Waals surface area (Å²) in [6, 6.07) is 11.7. The Balaban J connectivity index is 1.39. The lowest BCUT2D eigenvalue weighted by Crippen LogP contribution is -2.33. The number of benzene rings is 1. The number of aromatic nitrogens is 2. The van der Waals surface area contributed by atoms with Crippen LogP contribution in [0.5, 0.6) is 5.75 Å². The zero-order valence-electron chi connectivity index (χ0n) is 16.3. The normalized spacial score (nSPS) is 24.4. The number of hydrogen-bond donors (Lipinski definition) is 1. The van der Waals surface area contributed by atoms with Crippen LogP contribution in [0.15, 0.2) is 41.2 Å². The highest BCUT2D eigenvalue weighted by molar-refractivity contribution is 5.76. The predicted molar refractivity (Wildman–Crippen MR) is 105 cm³/mol. The van der Waals surface area contributed by atoms with E-state index in [0.29, 0.717) is 30.7 Å². The van der Waals surface area contributed by atoms with Crippen molar-refractivity contribution in [3.63, 3.8) is 0 Å². The van der Waals surface area contributed by atoms with Crippen LogP contribution < -0.4 is 10.3 Å². The van der Waals surface area contributed by atoms with Crippen LogP contribution in [0.1, 0.15) is 23.7 Å². The van der Waals surface area contributed by atoms with E-state index in [2.05, 4.69) is 34.3 Å². The molecule has 28 heavy (non-hydrogen) atoms. The van der Waals surface area contributed by atoms with Gasteiger partial charge >= 0.3 is 0 Å². The van der Waals surface area contributed by atoms with Crippen molar-refractivity contribution in [1.82, 2.24) is 20.0 Å². The second-order valence-electron chi connectivity index (χ2n) is 7.79. The van der Waals surface area contributed by atoms with Crippen LogP contribution in [0.2, 0.25) is 0 Å². The van der Waals surface area contributed by atoms with Gasteiger partial charge in [0.05, 0.1) is 12.8 Å². The lowest BCUT2D eigenvalue weighted by atomic mass is 9.89. The summed E-state index contributed by atoms with van der Waals surface area (Å²) in [6.45, 7) is 2.62. The van der Waals surface area contributed by atoms with E-state index in [1.165, 1.54) is 11.6 Å². The minimum absolute atomic E-state index is 0.165. The summed E-state index contributed by atoms with van der Waals surface area (Å²) in [5, 5.41) is 6.40. The molecule has 2 aromatic rings. The number of nitrogens with one attached hydrogen (secondary N) is 1. The molecule has 2 saturated heterocycles. The van der Waals surface area contributed by atoms with E-state index >= 15 is 0 Å². The Morgan fingerprint density at radius 2 is 1.96 bits per heavy atom. The Labute approximate surface area is 164 Å². The quantitative estimate of drug-likeness (QED) is 0.847. The van der Waals surface area contributed by atoms with Gasteiger partial charge in [-0.2, -0.15) is 5.10 Å². The number of amides is 1. The number of aryl methyl sites for hydroxylation is 1. The van der Waals surface area contributed by atoms with Crippen LogP contribution >= 0.6 is 0 Å². The number of nitrogens with zero attached hydrogens (tertiary/aromatic N) is 3. The highest BCUT2D eigenvalue weighted by atomic mass is 16.5. The van der Waals surface area contributed by atoms with Crippen molar-refractivity contribution in [2.75, 3.05) is 33.8 Å². The number of aromatic amines is 1. The Morgan fingerprint density at radius 3 is 2.64 bits per heavy atom. The molecule has 7 heteroatoms. The van der Waals surface area contributed by atoms with E-state index in [-0.39, 0.29) is 11.5 Å². The maximum atomic E-state index is 12.7. The van der Waals surface area contributed by atoms with Gasteiger partial charge in [-0.1, -0.05) is 12.1 Å². The molecule has 148 valence electrons. The molecule has 7 nitrogen and oxygen atoms in total. The molecule has 2 aliphatic rings. The molecule has 1 aromatic heterocycles. The van der Waals surface area contributed by atoms with Crippen LogP contribution in [-0.4, -0.2) is 59.7 Å². The van der Waals surface area contributed by atoms with Crippen molar-refractivity contribution in [3.05, 3.63) is 58.0 Å². The zero-order valence-corrected chi connectivity index (χ0v) is 16.3. The van der Waals surface area contributed by atoms with Crippen molar-refractivity contribution in [1.29, 1.82) is 0 Å². The molecular formula is C21H26N4O3. The third-order valence-corrected chi connectivity index (χ3v) is 6.04. The van der Waals surface area contributed by atoms with E-state index < -0.39 is 0 Å². The molecule has 0 radical (unpaired) electrons. The molecule has 2 aliphatic heterocycles. The molecule has 0 bridgehead atoms. The Kier molecular flexibility index (Phi) is 5.17. The van der Waals surface area contributed by atoms with Gasteiger partial charge < -0.3 is 9.64 Å². The van der Waals surface area contributed by atoms with Crippen LogP contribution in [0.25, 0.3) is 0 Å². The molecule has 0 saturated carbocycles. The first-order valence-corrected chi connectivity index (χ1v) is 9.71. The fraction of sp³-hybridized carbons (Fsp3) is 0.476. The number of carbonyl (C=O) groups excluding carboxylic acids is 1. The monoisotopic (exact) mass is 382 g/mol. The number of methoxy groups -OCH3 is 1. The van der Waals surface area contributed by atoms with E-state index in [1.807, 2.05) is 17.0 Å². The fourth-order valence-corrected chi connectivity index (χ4v) is 4.67. The summed E-state index contributed by atoms with van der Waals surface area (Å²) in [7, 11) is 3.84. The standard InChI is InChI=1S/C21H26N4O3/c1-24-11-15-12-25(20(27)10-6-16-5-9-19(26)23-22-16)13-18(15)21(24)14-3-7-17(28-2)8-4-14/h3-5,7-9,15,18,21H,6,10-13H2,1-2H3,(H,23,26)/t15-,18+,21+/m0/s1. The largest absolute Gasteiger partial charge is 0.497 e. The lowest BCUT2D eigenvalue weighted by molar-refractivity contribution is -0.130. The van der Waals surface area contributed by atoms with Gasteiger partial charge in [-0.05, 0) is 36.7 Å². The van der Waals surface area contributed by atoms with Crippen molar-refractivity contribution < 1.29 is 9.53 Å². The van der Waals surface area contributed by atoms with Crippen LogP contribution in [0.3, 0.4) is 0 Å². The minimum atomic E-state index is -0.226. The third-order valence-electron chi connectivity index (χ3n) is 6.04. The molecule has 0 aliphatic carbocycles. The molecule has 3 heterocycles.